The first kappa shape index (κ1) is 23.7. The van der Waals surface area contributed by atoms with Gasteiger partial charge in [-0.15, -0.1) is 0 Å². The average Bonchev–Trinajstić information content (AvgIpc) is 2.91. The Hall–Kier alpha value is -4.03. The Morgan fingerprint density at radius 2 is 1.69 bits per heavy atom. The molecule has 0 spiro atoms. The molecule has 0 atom stereocenters. The molecule has 4 aromatic rings. The molecule has 1 amide bonds. The zero-order chi connectivity index (χ0) is 24.7. The number of aromatic nitrogens is 2. The number of aryl methyl sites for hydroxylation is 1. The van der Waals surface area contributed by atoms with Crippen molar-refractivity contribution in [2.75, 3.05) is 18.4 Å². The molecule has 0 radical (unpaired) electrons. The van der Waals surface area contributed by atoms with Gasteiger partial charge in [-0.1, -0.05) is 54.1 Å². The number of likely N-dealkylation sites (tertiary alicyclic amines) is 1. The molecule has 182 valence electrons. The number of rotatable bonds is 7. The summed E-state index contributed by atoms with van der Waals surface area (Å²) in [6.45, 7) is 5.02. The minimum Gasteiger partial charge on any atom is -0.349 e. The fourth-order valence-corrected chi connectivity index (χ4v) is 4.59. The van der Waals surface area contributed by atoms with Gasteiger partial charge in [0.1, 0.15) is 12.1 Å². The van der Waals surface area contributed by atoms with E-state index in [1.165, 1.54) is 11.1 Å². The monoisotopic (exact) mass is 477 g/mol. The Balaban J connectivity index is 1.14. The summed E-state index contributed by atoms with van der Waals surface area (Å²) in [5, 5.41) is 6.52. The number of amides is 1. The van der Waals surface area contributed by atoms with Crippen molar-refractivity contribution in [2.45, 2.75) is 32.4 Å². The smallest absolute Gasteiger partial charge is 0.251 e. The van der Waals surface area contributed by atoms with Crippen LogP contribution < -0.4 is 10.6 Å². The quantitative estimate of drug-likeness (QED) is 0.363. The van der Waals surface area contributed by atoms with Crippen LogP contribution in [-0.2, 0) is 6.54 Å². The Labute approximate surface area is 212 Å². The maximum absolute atomic E-state index is 12.8. The molecule has 6 heteroatoms. The minimum atomic E-state index is -0.0215. The predicted molar refractivity (Wildman–Crippen MR) is 144 cm³/mol. The fourth-order valence-electron chi connectivity index (χ4n) is 4.59. The first-order valence-electron chi connectivity index (χ1n) is 12.5. The summed E-state index contributed by atoms with van der Waals surface area (Å²) in [5.74, 6) is 0.688. The highest BCUT2D eigenvalue weighted by atomic mass is 16.1. The van der Waals surface area contributed by atoms with Crippen molar-refractivity contribution >= 4 is 17.4 Å². The molecule has 1 aliphatic heterocycles. The molecule has 0 bridgehead atoms. The fraction of sp³-hybridized carbons (Fsp3) is 0.233. The van der Waals surface area contributed by atoms with Crippen molar-refractivity contribution in [2.24, 2.45) is 0 Å². The average molecular weight is 478 g/mol. The number of carbonyl (C=O) groups is 1. The number of carbonyl (C=O) groups excluding carboxylic acids is 1. The highest BCUT2D eigenvalue weighted by Crippen LogP contribution is 2.22. The summed E-state index contributed by atoms with van der Waals surface area (Å²) in [7, 11) is 0. The van der Waals surface area contributed by atoms with E-state index in [9.17, 15) is 4.79 Å². The number of nitrogens with one attached hydrogen (secondary N) is 2. The molecule has 5 rings (SSSR count). The van der Waals surface area contributed by atoms with Gasteiger partial charge in [0, 0.05) is 48.6 Å². The topological polar surface area (TPSA) is 70.2 Å². The minimum absolute atomic E-state index is 0.0215. The molecule has 1 saturated heterocycles. The van der Waals surface area contributed by atoms with E-state index in [1.807, 2.05) is 48.5 Å². The van der Waals surface area contributed by atoms with Gasteiger partial charge in [-0.3, -0.25) is 9.69 Å². The lowest BCUT2D eigenvalue weighted by Gasteiger charge is -2.32. The molecule has 2 N–H and O–H groups in total. The van der Waals surface area contributed by atoms with Gasteiger partial charge in [0.2, 0.25) is 0 Å². The van der Waals surface area contributed by atoms with Crippen molar-refractivity contribution in [3.63, 3.8) is 0 Å². The molecule has 1 aromatic heterocycles. The van der Waals surface area contributed by atoms with Gasteiger partial charge in [0.25, 0.3) is 5.91 Å². The zero-order valence-electron chi connectivity index (χ0n) is 20.5. The van der Waals surface area contributed by atoms with Gasteiger partial charge in [0.15, 0.2) is 0 Å². The Kier molecular flexibility index (Phi) is 7.33. The third-order valence-corrected chi connectivity index (χ3v) is 6.57. The molecular formula is C30H31N5O. The Morgan fingerprint density at radius 1 is 0.917 bits per heavy atom. The standard InChI is InChI=1S/C30H31N5O/c1-22-6-5-9-25(18-22)28-19-29(32-21-31-28)33-26-12-10-24(11-13-26)30(36)34-27-14-16-35(17-15-27)20-23-7-3-2-4-8-23/h2-13,18-19,21,27H,14-17,20H2,1H3,(H,34,36)(H,31,32,33). The number of hydrogen-bond acceptors (Lipinski definition) is 5. The summed E-state index contributed by atoms with van der Waals surface area (Å²) < 4.78 is 0. The van der Waals surface area contributed by atoms with E-state index < -0.39 is 0 Å². The number of hydrogen-bond donors (Lipinski definition) is 2. The van der Waals surface area contributed by atoms with Crippen LogP contribution in [0.1, 0.15) is 34.3 Å². The van der Waals surface area contributed by atoms with E-state index in [-0.39, 0.29) is 11.9 Å². The normalized spacial score (nSPS) is 14.4. The summed E-state index contributed by atoms with van der Waals surface area (Å²) >= 11 is 0. The lowest BCUT2D eigenvalue weighted by molar-refractivity contribution is 0.0909. The molecule has 6 nitrogen and oxygen atoms in total. The van der Waals surface area contributed by atoms with Gasteiger partial charge < -0.3 is 10.6 Å². The number of benzene rings is 3. The SMILES string of the molecule is Cc1cccc(-c2cc(Nc3ccc(C(=O)NC4CCN(Cc5ccccc5)CC4)cc3)ncn2)c1. The predicted octanol–water partition coefficient (Wildman–Crippen LogP) is 5.59. The van der Waals surface area contributed by atoms with Crippen LogP contribution in [0.4, 0.5) is 11.5 Å². The van der Waals surface area contributed by atoms with E-state index in [1.54, 1.807) is 6.33 Å². The lowest BCUT2D eigenvalue weighted by Crippen LogP contribution is -2.44. The molecule has 2 heterocycles. The molecule has 3 aromatic carbocycles. The van der Waals surface area contributed by atoms with E-state index in [2.05, 4.69) is 68.8 Å². The second kappa shape index (κ2) is 11.1. The summed E-state index contributed by atoms with van der Waals surface area (Å²) in [4.78, 5) is 24.0. The second-order valence-electron chi connectivity index (χ2n) is 9.37. The highest BCUT2D eigenvalue weighted by Gasteiger charge is 2.21. The summed E-state index contributed by atoms with van der Waals surface area (Å²) in [5.41, 5.74) is 5.97. The molecule has 0 aliphatic carbocycles. The van der Waals surface area contributed by atoms with Crippen molar-refractivity contribution in [3.8, 4) is 11.3 Å². The van der Waals surface area contributed by atoms with Crippen LogP contribution in [-0.4, -0.2) is 39.9 Å². The van der Waals surface area contributed by atoms with Crippen LogP contribution in [0.5, 0.6) is 0 Å². The van der Waals surface area contributed by atoms with Crippen LogP contribution >= 0.6 is 0 Å². The third kappa shape index (κ3) is 6.15. The van der Waals surface area contributed by atoms with E-state index in [0.29, 0.717) is 11.4 Å². The number of anilines is 2. The summed E-state index contributed by atoms with van der Waals surface area (Å²) in [6.07, 6.45) is 3.50. The summed E-state index contributed by atoms with van der Waals surface area (Å²) in [6, 6.07) is 28.4. The molecular weight excluding hydrogens is 446 g/mol. The van der Waals surface area contributed by atoms with Crippen LogP contribution in [0.15, 0.2) is 91.3 Å². The van der Waals surface area contributed by atoms with Crippen LogP contribution in [0.25, 0.3) is 11.3 Å². The third-order valence-electron chi connectivity index (χ3n) is 6.57. The van der Waals surface area contributed by atoms with Crippen LogP contribution in [0.3, 0.4) is 0 Å². The molecule has 36 heavy (non-hydrogen) atoms. The number of nitrogens with zero attached hydrogens (tertiary/aromatic N) is 3. The molecule has 1 fully saturated rings. The molecule has 0 saturated carbocycles. The van der Waals surface area contributed by atoms with Crippen molar-refractivity contribution in [3.05, 3.63) is 108 Å². The first-order chi connectivity index (χ1) is 17.6. The largest absolute Gasteiger partial charge is 0.349 e. The zero-order valence-corrected chi connectivity index (χ0v) is 20.5. The maximum atomic E-state index is 12.8. The van der Waals surface area contributed by atoms with Gasteiger partial charge in [-0.05, 0) is 55.7 Å². The lowest BCUT2D eigenvalue weighted by atomic mass is 10.0. The Bertz CT molecular complexity index is 1300. The molecule has 1 aliphatic rings. The van der Waals surface area contributed by atoms with Crippen molar-refractivity contribution < 1.29 is 4.79 Å². The maximum Gasteiger partial charge on any atom is 0.251 e. The van der Waals surface area contributed by atoms with Crippen LogP contribution in [0.2, 0.25) is 0 Å². The van der Waals surface area contributed by atoms with E-state index in [4.69, 9.17) is 0 Å². The van der Waals surface area contributed by atoms with Gasteiger partial charge >= 0.3 is 0 Å². The second-order valence-corrected chi connectivity index (χ2v) is 9.37. The molecule has 0 unspecified atom stereocenters. The van der Waals surface area contributed by atoms with Gasteiger partial charge in [-0.25, -0.2) is 9.97 Å². The van der Waals surface area contributed by atoms with Gasteiger partial charge in [-0.2, -0.15) is 0 Å². The highest BCUT2D eigenvalue weighted by molar-refractivity contribution is 5.94. The van der Waals surface area contributed by atoms with Crippen molar-refractivity contribution in [1.29, 1.82) is 0 Å². The van der Waals surface area contributed by atoms with Gasteiger partial charge in [0.05, 0.1) is 5.69 Å². The first-order valence-corrected chi connectivity index (χ1v) is 12.5. The Morgan fingerprint density at radius 3 is 2.44 bits per heavy atom. The van der Waals surface area contributed by atoms with Crippen LogP contribution in [0, 0.1) is 6.92 Å². The van der Waals surface area contributed by atoms with E-state index in [0.717, 1.165) is 49.4 Å². The van der Waals surface area contributed by atoms with Crippen molar-refractivity contribution in [1.82, 2.24) is 20.2 Å². The van der Waals surface area contributed by atoms with E-state index >= 15 is 0 Å². The number of piperidine rings is 1.